The Morgan fingerprint density at radius 3 is 2.76 bits per heavy atom. The summed E-state index contributed by atoms with van der Waals surface area (Å²) in [6.45, 7) is 2.26. The molecule has 2 N–H and O–H groups in total. The molecule has 0 aliphatic rings. The number of carbonyl (C=O) groups excluding carboxylic acids is 1. The van der Waals surface area contributed by atoms with Gasteiger partial charge in [-0.1, -0.05) is 29.8 Å². The Bertz CT molecular complexity index is 1420. The largest absolute Gasteiger partial charge is 0.346 e. The molecule has 170 valence electrons. The number of nitro groups is 1. The van der Waals surface area contributed by atoms with Crippen LogP contribution in [0.2, 0.25) is 5.02 Å². The molecule has 0 bridgehead atoms. The van der Waals surface area contributed by atoms with Crippen molar-refractivity contribution in [2.45, 2.75) is 19.5 Å². The molecule has 1 amide bonds. The van der Waals surface area contributed by atoms with Gasteiger partial charge < -0.3 is 5.32 Å². The van der Waals surface area contributed by atoms with E-state index in [1.165, 1.54) is 12.1 Å². The van der Waals surface area contributed by atoms with Crippen molar-refractivity contribution in [3.05, 3.63) is 87.2 Å². The maximum atomic E-state index is 12.6. The zero-order valence-electron chi connectivity index (χ0n) is 17.9. The summed E-state index contributed by atoms with van der Waals surface area (Å²) in [5, 5.41) is 34.5. The lowest BCUT2D eigenvalue weighted by molar-refractivity contribution is -0.384. The van der Waals surface area contributed by atoms with E-state index in [0.29, 0.717) is 34.1 Å². The van der Waals surface area contributed by atoms with Crippen molar-refractivity contribution in [1.29, 1.82) is 5.26 Å². The number of carbonyl (C=O) groups is 1. The minimum absolute atomic E-state index is 0.0537. The average Bonchev–Trinajstić information content (AvgIpc) is 3.49. The molecule has 2 aromatic carbocycles. The third-order valence-electron chi connectivity index (χ3n) is 5.04. The second kappa shape index (κ2) is 9.56. The maximum Gasteiger partial charge on any atom is 0.270 e. The van der Waals surface area contributed by atoms with Gasteiger partial charge in [0.1, 0.15) is 11.8 Å². The molecule has 4 aromatic rings. The summed E-state index contributed by atoms with van der Waals surface area (Å²) in [4.78, 5) is 23.1. The van der Waals surface area contributed by atoms with Crippen LogP contribution < -0.4 is 5.32 Å². The third kappa shape index (κ3) is 4.95. The summed E-state index contributed by atoms with van der Waals surface area (Å²) >= 11 is 6.11. The van der Waals surface area contributed by atoms with Gasteiger partial charge in [-0.25, -0.2) is 0 Å². The van der Waals surface area contributed by atoms with Crippen molar-refractivity contribution in [3.8, 4) is 28.6 Å². The van der Waals surface area contributed by atoms with Crippen LogP contribution in [0.5, 0.6) is 0 Å². The molecular weight excluding hydrogens is 458 g/mol. The highest BCUT2D eigenvalue weighted by Gasteiger charge is 2.16. The smallest absolute Gasteiger partial charge is 0.270 e. The van der Waals surface area contributed by atoms with Crippen molar-refractivity contribution >= 4 is 23.2 Å². The van der Waals surface area contributed by atoms with Crippen LogP contribution in [0, 0.1) is 21.4 Å². The highest BCUT2D eigenvalue weighted by molar-refractivity contribution is 6.32. The number of halogens is 1. The molecule has 34 heavy (non-hydrogen) atoms. The number of benzene rings is 2. The second-order valence-electron chi connectivity index (χ2n) is 7.58. The first-order chi connectivity index (χ1) is 16.3. The van der Waals surface area contributed by atoms with Gasteiger partial charge in [-0.2, -0.15) is 15.5 Å². The topological polar surface area (TPSA) is 143 Å². The van der Waals surface area contributed by atoms with Gasteiger partial charge in [0.15, 0.2) is 0 Å². The van der Waals surface area contributed by atoms with E-state index in [9.17, 15) is 14.9 Å². The van der Waals surface area contributed by atoms with Crippen LogP contribution in [0.1, 0.15) is 23.0 Å². The number of non-ortho nitro benzene ring substituents is 1. The number of hydrogen-bond acceptors (Lipinski definition) is 6. The number of nitro benzene ring substituents is 1. The molecule has 4 rings (SSSR count). The Morgan fingerprint density at radius 2 is 2.03 bits per heavy atom. The van der Waals surface area contributed by atoms with E-state index in [-0.39, 0.29) is 23.3 Å². The minimum Gasteiger partial charge on any atom is -0.346 e. The third-order valence-corrected chi connectivity index (χ3v) is 5.35. The Morgan fingerprint density at radius 1 is 1.24 bits per heavy atom. The van der Waals surface area contributed by atoms with Gasteiger partial charge >= 0.3 is 0 Å². The molecule has 0 spiro atoms. The molecule has 1 atom stereocenters. The number of hydrogen-bond donors (Lipinski definition) is 2. The van der Waals surface area contributed by atoms with Crippen molar-refractivity contribution < 1.29 is 9.72 Å². The van der Waals surface area contributed by atoms with Crippen LogP contribution in [0.4, 0.5) is 5.69 Å². The first kappa shape index (κ1) is 22.7. The summed E-state index contributed by atoms with van der Waals surface area (Å²) in [5.74, 6) is -0.358. The summed E-state index contributed by atoms with van der Waals surface area (Å²) in [6, 6.07) is 16.3. The van der Waals surface area contributed by atoms with E-state index in [4.69, 9.17) is 16.9 Å². The number of rotatable bonds is 7. The molecular formula is C23H18ClN7O3. The van der Waals surface area contributed by atoms with Gasteiger partial charge in [-0.05, 0) is 31.2 Å². The highest BCUT2D eigenvalue weighted by atomic mass is 35.5. The van der Waals surface area contributed by atoms with Crippen LogP contribution in [-0.4, -0.2) is 36.9 Å². The first-order valence-electron chi connectivity index (χ1n) is 10.2. The fraction of sp³-hybridized carbons (Fsp3) is 0.130. The Hall–Kier alpha value is -4.49. The zero-order chi connectivity index (χ0) is 24.2. The van der Waals surface area contributed by atoms with Crippen molar-refractivity contribution in [2.24, 2.45) is 0 Å². The molecule has 0 aliphatic carbocycles. The van der Waals surface area contributed by atoms with Crippen molar-refractivity contribution in [1.82, 2.24) is 25.3 Å². The first-order valence-corrected chi connectivity index (χ1v) is 10.6. The highest BCUT2D eigenvalue weighted by Crippen LogP contribution is 2.24. The second-order valence-corrected chi connectivity index (χ2v) is 7.99. The van der Waals surface area contributed by atoms with Crippen LogP contribution in [0.3, 0.4) is 0 Å². The van der Waals surface area contributed by atoms with Crippen molar-refractivity contribution in [2.75, 3.05) is 0 Å². The lowest BCUT2D eigenvalue weighted by Crippen LogP contribution is -2.36. The van der Waals surface area contributed by atoms with Crippen LogP contribution in [-0.2, 0) is 6.54 Å². The Kier molecular flexibility index (Phi) is 6.38. The predicted molar refractivity (Wildman–Crippen MR) is 125 cm³/mol. The van der Waals surface area contributed by atoms with Gasteiger partial charge in [0.05, 0.1) is 33.4 Å². The molecule has 11 heteroatoms. The maximum absolute atomic E-state index is 12.6. The average molecular weight is 476 g/mol. The van der Waals surface area contributed by atoms with Crippen LogP contribution in [0.25, 0.3) is 22.5 Å². The number of nitriles is 1. The monoisotopic (exact) mass is 475 g/mol. The summed E-state index contributed by atoms with van der Waals surface area (Å²) in [5.41, 5.74) is 3.02. The van der Waals surface area contributed by atoms with E-state index < -0.39 is 4.92 Å². The van der Waals surface area contributed by atoms with Gasteiger partial charge in [-0.3, -0.25) is 24.7 Å². The number of nitrogens with one attached hydrogen (secondary N) is 2. The summed E-state index contributed by atoms with van der Waals surface area (Å²) in [6.07, 6.45) is 1.79. The van der Waals surface area contributed by atoms with E-state index in [1.807, 2.05) is 19.1 Å². The molecule has 0 saturated heterocycles. The van der Waals surface area contributed by atoms with Gasteiger partial charge in [0, 0.05) is 35.5 Å². The predicted octanol–water partition coefficient (Wildman–Crippen LogP) is 4.19. The molecule has 2 heterocycles. The van der Waals surface area contributed by atoms with E-state index in [0.717, 1.165) is 5.56 Å². The van der Waals surface area contributed by atoms with E-state index >= 15 is 0 Å². The summed E-state index contributed by atoms with van der Waals surface area (Å²) in [7, 11) is 0. The molecule has 10 nitrogen and oxygen atoms in total. The van der Waals surface area contributed by atoms with Crippen LogP contribution in [0.15, 0.2) is 60.8 Å². The fourth-order valence-corrected chi connectivity index (χ4v) is 3.60. The number of nitrogens with zero attached hydrogens (tertiary/aromatic N) is 5. The Labute approximate surface area is 198 Å². The molecule has 0 unspecified atom stereocenters. The van der Waals surface area contributed by atoms with Crippen molar-refractivity contribution in [3.63, 3.8) is 0 Å². The lowest BCUT2D eigenvalue weighted by Gasteiger charge is -2.13. The lowest BCUT2D eigenvalue weighted by atomic mass is 10.1. The van der Waals surface area contributed by atoms with E-state index in [2.05, 4.69) is 20.6 Å². The number of aromatic nitrogens is 4. The SMILES string of the molecule is C[C@@H](Cn1ccc(-c2ccc(C#N)c(Cl)c2)n1)NC(=O)c1cc(-c2cccc([N+](=O)[O-])c2)n[nH]1. The molecule has 2 aromatic heterocycles. The van der Waals surface area contributed by atoms with Crippen LogP contribution >= 0.6 is 11.6 Å². The fourth-order valence-electron chi connectivity index (χ4n) is 3.37. The minimum atomic E-state index is -0.484. The number of aromatic amines is 1. The van der Waals surface area contributed by atoms with Gasteiger partial charge in [0.25, 0.3) is 11.6 Å². The Balaban J connectivity index is 1.40. The molecule has 0 fully saturated rings. The summed E-state index contributed by atoms with van der Waals surface area (Å²) < 4.78 is 1.70. The standard InChI is InChI=1S/C23H18ClN7O3/c1-14(13-30-8-7-20(29-30)16-5-6-17(12-25)19(24)10-16)26-23(32)22-11-21(27-28-22)15-3-2-4-18(9-15)31(33)34/h2-11,14H,13H2,1H3,(H,26,32)(H,27,28)/t14-/m0/s1. The number of amides is 1. The van der Waals surface area contributed by atoms with Gasteiger partial charge in [-0.15, -0.1) is 0 Å². The normalized spacial score (nSPS) is 11.6. The zero-order valence-corrected chi connectivity index (χ0v) is 18.7. The molecule has 0 radical (unpaired) electrons. The quantitative estimate of drug-likeness (QED) is 0.303. The van der Waals surface area contributed by atoms with E-state index in [1.54, 1.807) is 47.3 Å². The molecule has 0 saturated carbocycles. The van der Waals surface area contributed by atoms with Gasteiger partial charge in [0.2, 0.25) is 0 Å². The number of H-pyrrole nitrogens is 1. The molecule has 0 aliphatic heterocycles.